The first-order valence-corrected chi connectivity index (χ1v) is 8.08. The number of nitrogens with zero attached hydrogens (tertiary/aromatic N) is 4. The van der Waals surface area contributed by atoms with Gasteiger partial charge in [0.1, 0.15) is 18.2 Å². The number of halogens is 2. The molecular weight excluding hydrogens is 328 g/mol. The molecule has 1 N–H and O–H groups in total. The van der Waals surface area contributed by atoms with E-state index in [-0.39, 0.29) is 12.1 Å². The van der Waals surface area contributed by atoms with E-state index in [2.05, 4.69) is 20.4 Å². The molecule has 0 saturated carbocycles. The molecule has 1 aliphatic rings. The summed E-state index contributed by atoms with van der Waals surface area (Å²) >= 11 is 0. The van der Waals surface area contributed by atoms with Crippen LogP contribution in [0.1, 0.15) is 24.5 Å². The first-order valence-electron chi connectivity index (χ1n) is 8.08. The minimum atomic E-state index is -0.925. The molecule has 0 radical (unpaired) electrons. The van der Waals surface area contributed by atoms with Gasteiger partial charge in [0.25, 0.3) is 0 Å². The first-order chi connectivity index (χ1) is 12.1. The number of aromatic nitrogens is 4. The van der Waals surface area contributed by atoms with Crippen molar-refractivity contribution in [1.82, 2.24) is 19.7 Å². The molecule has 0 amide bonds. The van der Waals surface area contributed by atoms with Gasteiger partial charge >= 0.3 is 0 Å². The van der Waals surface area contributed by atoms with Gasteiger partial charge in [-0.1, -0.05) is 0 Å². The molecule has 130 valence electrons. The van der Waals surface area contributed by atoms with Gasteiger partial charge in [0.2, 0.25) is 0 Å². The lowest BCUT2D eigenvalue weighted by Crippen LogP contribution is -2.34. The van der Waals surface area contributed by atoms with Crippen molar-refractivity contribution in [1.29, 1.82) is 0 Å². The van der Waals surface area contributed by atoms with Gasteiger partial charge in [-0.2, -0.15) is 5.10 Å². The fraction of sp³-hybridized carbons (Fsp3) is 0.353. The molecule has 2 aromatic heterocycles. The Morgan fingerprint density at radius 3 is 2.88 bits per heavy atom. The van der Waals surface area contributed by atoms with Crippen molar-refractivity contribution in [2.24, 2.45) is 7.05 Å². The summed E-state index contributed by atoms with van der Waals surface area (Å²) < 4.78 is 34.7. The number of anilines is 1. The summed E-state index contributed by atoms with van der Waals surface area (Å²) in [7, 11) is 1.85. The number of rotatable bonds is 3. The number of aryl methyl sites for hydroxylation is 1. The molecule has 3 aromatic rings. The molecule has 1 aliphatic heterocycles. The summed E-state index contributed by atoms with van der Waals surface area (Å²) in [4.78, 5) is 8.23. The highest BCUT2D eigenvalue weighted by atomic mass is 19.2. The second kappa shape index (κ2) is 6.36. The quantitative estimate of drug-likeness (QED) is 0.791. The van der Waals surface area contributed by atoms with Crippen molar-refractivity contribution in [3.63, 3.8) is 0 Å². The summed E-state index contributed by atoms with van der Waals surface area (Å²) in [6, 6.07) is 2.15. The summed E-state index contributed by atoms with van der Waals surface area (Å²) in [5.74, 6) is -1.38. The van der Waals surface area contributed by atoms with Crippen molar-refractivity contribution in [3.05, 3.63) is 48.1 Å². The van der Waals surface area contributed by atoms with Gasteiger partial charge in [0.05, 0.1) is 17.8 Å². The van der Waals surface area contributed by atoms with Crippen LogP contribution in [0.25, 0.3) is 10.9 Å². The summed E-state index contributed by atoms with van der Waals surface area (Å²) in [5, 5.41) is 7.96. The van der Waals surface area contributed by atoms with Crippen LogP contribution < -0.4 is 5.32 Å². The largest absolute Gasteiger partial charge is 0.371 e. The topological polar surface area (TPSA) is 64.9 Å². The van der Waals surface area contributed by atoms with Gasteiger partial charge in [-0.25, -0.2) is 18.7 Å². The van der Waals surface area contributed by atoms with Gasteiger partial charge in [-0.05, 0) is 18.9 Å². The monoisotopic (exact) mass is 345 g/mol. The first kappa shape index (κ1) is 15.9. The molecule has 1 fully saturated rings. The minimum Gasteiger partial charge on any atom is -0.371 e. The third-order valence-electron chi connectivity index (χ3n) is 4.38. The molecule has 4 rings (SSSR count). The smallest absolute Gasteiger partial charge is 0.161 e. The SMILES string of the molecule is Cn1cc([C@H]2OCCC[C@@H]2Nc2ncnc3cc(F)c(F)cc23)cn1. The second-order valence-electron chi connectivity index (χ2n) is 6.14. The Kier molecular flexibility index (Phi) is 4.04. The van der Waals surface area contributed by atoms with E-state index < -0.39 is 11.6 Å². The molecule has 25 heavy (non-hydrogen) atoms. The molecule has 2 atom stereocenters. The molecule has 0 bridgehead atoms. The highest BCUT2D eigenvalue weighted by molar-refractivity contribution is 5.89. The van der Waals surface area contributed by atoms with Crippen molar-refractivity contribution in [2.75, 3.05) is 11.9 Å². The van der Waals surface area contributed by atoms with E-state index in [9.17, 15) is 8.78 Å². The van der Waals surface area contributed by atoms with Crippen LogP contribution in [0, 0.1) is 11.6 Å². The van der Waals surface area contributed by atoms with Gasteiger partial charge in [-0.15, -0.1) is 0 Å². The van der Waals surface area contributed by atoms with Crippen LogP contribution in [0.2, 0.25) is 0 Å². The number of benzene rings is 1. The Morgan fingerprint density at radius 2 is 2.08 bits per heavy atom. The zero-order valence-corrected chi connectivity index (χ0v) is 13.6. The van der Waals surface area contributed by atoms with Crippen LogP contribution in [0.4, 0.5) is 14.6 Å². The molecule has 0 unspecified atom stereocenters. The van der Waals surface area contributed by atoms with Crippen molar-refractivity contribution in [2.45, 2.75) is 25.0 Å². The lowest BCUT2D eigenvalue weighted by Gasteiger charge is -2.32. The molecule has 8 heteroatoms. The third-order valence-corrected chi connectivity index (χ3v) is 4.38. The molecule has 3 heterocycles. The summed E-state index contributed by atoms with van der Waals surface area (Å²) in [6.07, 6.45) is 6.62. The summed E-state index contributed by atoms with van der Waals surface area (Å²) in [5.41, 5.74) is 1.32. The maximum absolute atomic E-state index is 13.7. The second-order valence-corrected chi connectivity index (χ2v) is 6.14. The lowest BCUT2D eigenvalue weighted by atomic mass is 9.98. The van der Waals surface area contributed by atoms with Gasteiger partial charge in [0.15, 0.2) is 11.6 Å². The Morgan fingerprint density at radius 1 is 1.24 bits per heavy atom. The van der Waals surface area contributed by atoms with E-state index in [4.69, 9.17) is 4.74 Å². The third kappa shape index (κ3) is 3.05. The van der Waals surface area contributed by atoms with E-state index >= 15 is 0 Å². The van der Waals surface area contributed by atoms with Crippen molar-refractivity contribution in [3.8, 4) is 0 Å². The van der Waals surface area contributed by atoms with E-state index in [0.717, 1.165) is 30.5 Å². The van der Waals surface area contributed by atoms with Gasteiger partial charge in [0, 0.05) is 36.9 Å². The van der Waals surface area contributed by atoms with Crippen LogP contribution in [-0.4, -0.2) is 32.4 Å². The number of hydrogen-bond donors (Lipinski definition) is 1. The fourth-order valence-corrected chi connectivity index (χ4v) is 3.19. The molecule has 6 nitrogen and oxygen atoms in total. The van der Waals surface area contributed by atoms with Crippen molar-refractivity contribution >= 4 is 16.7 Å². The normalized spacial score (nSPS) is 20.8. The Balaban J connectivity index is 1.68. The average Bonchev–Trinajstić information content (AvgIpc) is 3.03. The molecular formula is C17H17F2N5O. The van der Waals surface area contributed by atoms with Crippen molar-refractivity contribution < 1.29 is 13.5 Å². The molecule has 1 aromatic carbocycles. The minimum absolute atomic E-state index is 0.0517. The number of nitrogens with one attached hydrogen (secondary N) is 1. The van der Waals surface area contributed by atoms with Crippen LogP contribution in [0.15, 0.2) is 30.9 Å². The molecule has 0 spiro atoms. The van der Waals surface area contributed by atoms with Crippen LogP contribution in [0.3, 0.4) is 0 Å². The standard InChI is InChI=1S/C17H17F2N5O/c1-24-8-10(7-22-24)16-14(3-2-4-25-16)23-17-11-5-12(18)13(19)6-15(11)20-9-21-17/h5-9,14,16H,2-4H2,1H3,(H,20,21,23)/t14-,16+/m0/s1. The summed E-state index contributed by atoms with van der Waals surface area (Å²) in [6.45, 7) is 0.669. The van der Waals surface area contributed by atoms with Gasteiger partial charge < -0.3 is 10.1 Å². The van der Waals surface area contributed by atoms with Gasteiger partial charge in [-0.3, -0.25) is 4.68 Å². The Labute approximate surface area is 142 Å². The Hall–Kier alpha value is -2.61. The zero-order chi connectivity index (χ0) is 17.4. The maximum atomic E-state index is 13.7. The number of hydrogen-bond acceptors (Lipinski definition) is 5. The molecule has 1 saturated heterocycles. The van der Waals surface area contributed by atoms with Crippen LogP contribution >= 0.6 is 0 Å². The maximum Gasteiger partial charge on any atom is 0.161 e. The number of fused-ring (bicyclic) bond motifs is 1. The predicted molar refractivity (Wildman–Crippen MR) is 88.0 cm³/mol. The molecule has 0 aliphatic carbocycles. The fourth-order valence-electron chi connectivity index (χ4n) is 3.19. The highest BCUT2D eigenvalue weighted by Crippen LogP contribution is 2.32. The van der Waals surface area contributed by atoms with E-state index in [1.165, 1.54) is 6.33 Å². The van der Waals surface area contributed by atoms with E-state index in [1.54, 1.807) is 10.9 Å². The van der Waals surface area contributed by atoms with E-state index in [1.807, 2.05) is 13.2 Å². The van der Waals surface area contributed by atoms with Crippen LogP contribution in [-0.2, 0) is 11.8 Å². The lowest BCUT2D eigenvalue weighted by molar-refractivity contribution is 0.00555. The average molecular weight is 345 g/mol. The van der Waals surface area contributed by atoms with Crippen LogP contribution in [0.5, 0.6) is 0 Å². The highest BCUT2D eigenvalue weighted by Gasteiger charge is 2.29. The van der Waals surface area contributed by atoms with E-state index in [0.29, 0.717) is 23.3 Å². The number of ether oxygens (including phenoxy) is 1. The Bertz CT molecular complexity index is 913. The predicted octanol–water partition coefficient (Wildman–Crippen LogP) is 2.97. The zero-order valence-electron chi connectivity index (χ0n) is 13.6.